The van der Waals surface area contributed by atoms with Crippen LogP contribution in [-0.2, 0) is 0 Å². The second-order valence-corrected chi connectivity index (χ2v) is 2.46. The van der Waals surface area contributed by atoms with E-state index in [1.165, 1.54) is 0 Å². The SMILES string of the molecule is CCC(=Cc1cc[nH]c1)CO. The van der Waals surface area contributed by atoms with E-state index in [1.54, 1.807) is 0 Å². The summed E-state index contributed by atoms with van der Waals surface area (Å²) in [6, 6.07) is 1.98. The Morgan fingerprint density at radius 2 is 2.55 bits per heavy atom. The van der Waals surface area contributed by atoms with Crippen LogP contribution in [0.3, 0.4) is 0 Å². The summed E-state index contributed by atoms with van der Waals surface area (Å²) in [5, 5.41) is 8.85. The Kier molecular flexibility index (Phi) is 2.93. The molecule has 1 aromatic rings. The zero-order valence-corrected chi connectivity index (χ0v) is 6.67. The molecule has 2 heteroatoms. The van der Waals surface area contributed by atoms with Crippen molar-refractivity contribution in [2.45, 2.75) is 13.3 Å². The largest absolute Gasteiger partial charge is 0.392 e. The number of rotatable bonds is 3. The van der Waals surface area contributed by atoms with Crippen LogP contribution in [0.4, 0.5) is 0 Å². The fourth-order valence-electron chi connectivity index (χ4n) is 0.922. The van der Waals surface area contributed by atoms with Gasteiger partial charge < -0.3 is 10.1 Å². The van der Waals surface area contributed by atoms with Crippen molar-refractivity contribution in [3.05, 3.63) is 29.6 Å². The van der Waals surface area contributed by atoms with Crippen molar-refractivity contribution in [3.63, 3.8) is 0 Å². The maximum absolute atomic E-state index is 8.85. The lowest BCUT2D eigenvalue weighted by Crippen LogP contribution is -1.86. The molecule has 11 heavy (non-hydrogen) atoms. The minimum atomic E-state index is 0.154. The normalized spacial score (nSPS) is 12.0. The molecular weight excluding hydrogens is 138 g/mol. The molecule has 0 saturated heterocycles. The van der Waals surface area contributed by atoms with Crippen LogP contribution in [0.15, 0.2) is 24.0 Å². The summed E-state index contributed by atoms with van der Waals surface area (Å²) >= 11 is 0. The highest BCUT2D eigenvalue weighted by molar-refractivity contribution is 5.51. The van der Waals surface area contributed by atoms with Crippen LogP contribution in [-0.4, -0.2) is 16.7 Å². The van der Waals surface area contributed by atoms with E-state index in [9.17, 15) is 0 Å². The Balaban J connectivity index is 2.71. The second-order valence-electron chi connectivity index (χ2n) is 2.46. The highest BCUT2D eigenvalue weighted by Crippen LogP contribution is 2.07. The molecule has 0 bridgehead atoms. The van der Waals surface area contributed by atoms with Crippen molar-refractivity contribution < 1.29 is 5.11 Å². The number of nitrogens with one attached hydrogen (secondary N) is 1. The summed E-state index contributed by atoms with van der Waals surface area (Å²) in [7, 11) is 0. The smallest absolute Gasteiger partial charge is 0.0644 e. The molecule has 0 spiro atoms. The van der Waals surface area contributed by atoms with Gasteiger partial charge in [0.2, 0.25) is 0 Å². The van der Waals surface area contributed by atoms with Gasteiger partial charge in [-0.3, -0.25) is 0 Å². The Labute approximate surface area is 66.6 Å². The molecule has 0 fully saturated rings. The molecule has 0 aliphatic rings. The topological polar surface area (TPSA) is 36.0 Å². The van der Waals surface area contributed by atoms with Gasteiger partial charge in [-0.25, -0.2) is 0 Å². The Bertz CT molecular complexity index is 218. The lowest BCUT2D eigenvalue weighted by atomic mass is 10.1. The molecule has 1 heterocycles. The molecule has 1 aromatic heterocycles. The Morgan fingerprint density at radius 1 is 1.73 bits per heavy atom. The van der Waals surface area contributed by atoms with Gasteiger partial charge in [0.1, 0.15) is 0 Å². The van der Waals surface area contributed by atoms with E-state index in [4.69, 9.17) is 5.11 Å². The van der Waals surface area contributed by atoms with E-state index in [0.29, 0.717) is 0 Å². The molecule has 2 N–H and O–H groups in total. The number of aromatic amines is 1. The molecule has 60 valence electrons. The van der Waals surface area contributed by atoms with Gasteiger partial charge in [0, 0.05) is 12.4 Å². The molecule has 0 aliphatic carbocycles. The summed E-state index contributed by atoms with van der Waals surface area (Å²) in [5.41, 5.74) is 2.18. The average molecular weight is 151 g/mol. The van der Waals surface area contributed by atoms with Crippen molar-refractivity contribution in [2.24, 2.45) is 0 Å². The third-order valence-electron chi connectivity index (χ3n) is 1.65. The van der Waals surface area contributed by atoms with Crippen LogP contribution in [0, 0.1) is 0 Å². The van der Waals surface area contributed by atoms with Crippen LogP contribution >= 0.6 is 0 Å². The average Bonchev–Trinajstić information content (AvgIpc) is 2.52. The predicted octanol–water partition coefficient (Wildman–Crippen LogP) is 1.80. The Morgan fingerprint density at radius 3 is 3.00 bits per heavy atom. The predicted molar refractivity (Wildman–Crippen MR) is 46.1 cm³/mol. The first-order valence-corrected chi connectivity index (χ1v) is 3.80. The zero-order chi connectivity index (χ0) is 8.10. The maximum atomic E-state index is 8.85. The van der Waals surface area contributed by atoms with Crippen molar-refractivity contribution in [3.8, 4) is 0 Å². The van der Waals surface area contributed by atoms with Crippen LogP contribution in [0.2, 0.25) is 0 Å². The van der Waals surface area contributed by atoms with E-state index in [0.717, 1.165) is 17.6 Å². The molecular formula is C9H13NO. The van der Waals surface area contributed by atoms with Crippen molar-refractivity contribution in [1.82, 2.24) is 4.98 Å². The lowest BCUT2D eigenvalue weighted by molar-refractivity contribution is 0.329. The van der Waals surface area contributed by atoms with Gasteiger partial charge in [-0.15, -0.1) is 0 Å². The summed E-state index contributed by atoms with van der Waals surface area (Å²) in [6.45, 7) is 2.19. The molecule has 0 unspecified atom stereocenters. The number of hydrogen-bond acceptors (Lipinski definition) is 1. The molecule has 2 nitrogen and oxygen atoms in total. The minimum absolute atomic E-state index is 0.154. The standard InChI is InChI=1S/C9H13NO/c1-2-8(7-11)5-9-3-4-10-6-9/h3-6,10-11H,2,7H2,1H3. The van der Waals surface area contributed by atoms with Gasteiger partial charge >= 0.3 is 0 Å². The molecule has 1 rings (SSSR count). The zero-order valence-electron chi connectivity index (χ0n) is 6.67. The molecule has 0 aromatic carbocycles. The highest BCUT2D eigenvalue weighted by atomic mass is 16.3. The van der Waals surface area contributed by atoms with Gasteiger partial charge in [-0.1, -0.05) is 13.0 Å². The molecule has 0 radical (unpaired) electrons. The molecule has 0 aliphatic heterocycles. The van der Waals surface area contributed by atoms with E-state index in [2.05, 4.69) is 4.98 Å². The molecule has 0 amide bonds. The van der Waals surface area contributed by atoms with Crippen molar-refractivity contribution >= 4 is 6.08 Å². The van der Waals surface area contributed by atoms with Crippen LogP contribution in [0.25, 0.3) is 6.08 Å². The molecule has 0 saturated carbocycles. The molecule has 0 atom stereocenters. The second kappa shape index (κ2) is 3.98. The number of aliphatic hydroxyl groups excluding tert-OH is 1. The van der Waals surface area contributed by atoms with Gasteiger partial charge in [-0.2, -0.15) is 0 Å². The first-order valence-electron chi connectivity index (χ1n) is 3.80. The van der Waals surface area contributed by atoms with Crippen LogP contribution < -0.4 is 0 Å². The highest BCUT2D eigenvalue weighted by Gasteiger charge is 1.91. The third-order valence-corrected chi connectivity index (χ3v) is 1.65. The first-order chi connectivity index (χ1) is 5.36. The number of H-pyrrole nitrogens is 1. The van der Waals surface area contributed by atoms with E-state index < -0.39 is 0 Å². The lowest BCUT2D eigenvalue weighted by Gasteiger charge is -1.96. The summed E-state index contributed by atoms with van der Waals surface area (Å²) < 4.78 is 0. The van der Waals surface area contributed by atoms with Gasteiger partial charge in [0.05, 0.1) is 6.61 Å². The van der Waals surface area contributed by atoms with Gasteiger partial charge in [0.25, 0.3) is 0 Å². The summed E-state index contributed by atoms with van der Waals surface area (Å²) in [5.74, 6) is 0. The number of aromatic nitrogens is 1. The van der Waals surface area contributed by atoms with Gasteiger partial charge in [0.15, 0.2) is 0 Å². The number of aliphatic hydroxyl groups is 1. The Hall–Kier alpha value is -1.02. The van der Waals surface area contributed by atoms with Crippen molar-refractivity contribution in [2.75, 3.05) is 6.61 Å². The van der Waals surface area contributed by atoms with E-state index in [-0.39, 0.29) is 6.61 Å². The first kappa shape index (κ1) is 8.08. The van der Waals surface area contributed by atoms with Crippen LogP contribution in [0.5, 0.6) is 0 Å². The fourth-order valence-corrected chi connectivity index (χ4v) is 0.922. The van der Waals surface area contributed by atoms with Crippen LogP contribution in [0.1, 0.15) is 18.9 Å². The number of hydrogen-bond donors (Lipinski definition) is 2. The monoisotopic (exact) mass is 151 g/mol. The quantitative estimate of drug-likeness (QED) is 0.679. The third kappa shape index (κ3) is 2.24. The van der Waals surface area contributed by atoms with E-state index >= 15 is 0 Å². The summed E-state index contributed by atoms with van der Waals surface area (Å²) in [6.07, 6.45) is 6.68. The van der Waals surface area contributed by atoms with E-state index in [1.807, 2.05) is 31.5 Å². The van der Waals surface area contributed by atoms with Crippen molar-refractivity contribution in [1.29, 1.82) is 0 Å². The maximum Gasteiger partial charge on any atom is 0.0644 e. The summed E-state index contributed by atoms with van der Waals surface area (Å²) in [4.78, 5) is 2.96. The fraction of sp³-hybridized carbons (Fsp3) is 0.333. The minimum Gasteiger partial charge on any atom is -0.392 e. The van der Waals surface area contributed by atoms with Gasteiger partial charge in [-0.05, 0) is 23.6 Å².